The Bertz CT molecular complexity index is 303. The van der Waals surface area contributed by atoms with Crippen molar-refractivity contribution in [3.8, 4) is 0 Å². The van der Waals surface area contributed by atoms with Crippen molar-refractivity contribution in [1.29, 1.82) is 0 Å². The summed E-state index contributed by atoms with van der Waals surface area (Å²) in [6, 6.07) is 0.581. The number of aliphatic imine (C=N–C) groups is 1. The second-order valence-corrected chi connectivity index (χ2v) is 7.25. The normalized spacial score (nSPS) is 39.6. The lowest BCUT2D eigenvalue weighted by Gasteiger charge is -2.36. The first-order valence-electron chi connectivity index (χ1n) is 7.64. The van der Waals surface area contributed by atoms with E-state index in [0.717, 1.165) is 5.92 Å². The molecule has 3 atom stereocenters. The second kappa shape index (κ2) is 6.31. The number of hydrogen-bond acceptors (Lipinski definition) is 2. The minimum atomic E-state index is 0.281. The number of hydrogen-bond donors (Lipinski definition) is 1. The van der Waals surface area contributed by atoms with Gasteiger partial charge in [-0.2, -0.15) is 0 Å². The molecule has 0 aromatic heterocycles. The van der Waals surface area contributed by atoms with Crippen LogP contribution in [0.15, 0.2) is 4.99 Å². The molecule has 0 amide bonds. The predicted octanol–water partition coefficient (Wildman–Crippen LogP) is 4.21. The van der Waals surface area contributed by atoms with Gasteiger partial charge >= 0.3 is 0 Å². The van der Waals surface area contributed by atoms with Crippen molar-refractivity contribution in [3.63, 3.8) is 0 Å². The molecule has 1 heterocycles. The number of rotatable bonds is 3. The molecule has 0 spiro atoms. The van der Waals surface area contributed by atoms with E-state index < -0.39 is 0 Å². The largest absolute Gasteiger partial charge is 0.360 e. The first-order chi connectivity index (χ1) is 8.65. The van der Waals surface area contributed by atoms with E-state index in [9.17, 15) is 0 Å². The van der Waals surface area contributed by atoms with E-state index in [-0.39, 0.29) is 5.54 Å². The van der Waals surface area contributed by atoms with E-state index in [1.165, 1.54) is 55.9 Å². The molecule has 0 aromatic rings. The molecule has 2 nitrogen and oxygen atoms in total. The van der Waals surface area contributed by atoms with Crippen LogP contribution in [0, 0.1) is 5.92 Å². The van der Waals surface area contributed by atoms with Crippen molar-refractivity contribution in [2.45, 2.75) is 77.3 Å². The summed E-state index contributed by atoms with van der Waals surface area (Å²) in [5.74, 6) is 2.14. The van der Waals surface area contributed by atoms with Gasteiger partial charge in [-0.1, -0.05) is 44.9 Å². The summed E-state index contributed by atoms with van der Waals surface area (Å²) in [7, 11) is 0. The van der Waals surface area contributed by atoms with Crippen molar-refractivity contribution in [2.75, 3.05) is 5.75 Å². The van der Waals surface area contributed by atoms with Gasteiger partial charge in [-0.15, -0.1) is 0 Å². The molecule has 2 fully saturated rings. The summed E-state index contributed by atoms with van der Waals surface area (Å²) in [6.45, 7) is 6.92. The van der Waals surface area contributed by atoms with Crippen LogP contribution in [0.3, 0.4) is 0 Å². The van der Waals surface area contributed by atoms with Crippen LogP contribution in [0.25, 0.3) is 0 Å². The molecule has 2 aliphatic rings. The summed E-state index contributed by atoms with van der Waals surface area (Å²) < 4.78 is 0. The SMILES string of the molecule is CCC1CCCC(N=C2NC(C)(CC)CCS2)C1. The molecule has 2 rings (SSSR count). The third kappa shape index (κ3) is 3.66. The first kappa shape index (κ1) is 14.2. The van der Waals surface area contributed by atoms with E-state index in [2.05, 4.69) is 26.1 Å². The van der Waals surface area contributed by atoms with Crippen molar-refractivity contribution in [3.05, 3.63) is 0 Å². The lowest BCUT2D eigenvalue weighted by Crippen LogP contribution is -2.48. The van der Waals surface area contributed by atoms with Gasteiger partial charge in [-0.25, -0.2) is 0 Å². The molecule has 18 heavy (non-hydrogen) atoms. The minimum Gasteiger partial charge on any atom is -0.360 e. The summed E-state index contributed by atoms with van der Waals surface area (Å²) in [4.78, 5) is 5.01. The molecule has 1 saturated heterocycles. The molecule has 1 aliphatic carbocycles. The molecule has 3 heteroatoms. The lowest BCUT2D eigenvalue weighted by atomic mass is 9.84. The molecule has 0 aromatic carbocycles. The zero-order chi connectivity index (χ0) is 13.0. The maximum atomic E-state index is 5.01. The third-order valence-electron chi connectivity index (χ3n) is 4.71. The van der Waals surface area contributed by atoms with Gasteiger partial charge in [0.1, 0.15) is 0 Å². The van der Waals surface area contributed by atoms with Gasteiger partial charge in [-0.05, 0) is 38.5 Å². The molecule has 1 N–H and O–H groups in total. The summed E-state index contributed by atoms with van der Waals surface area (Å²) in [6.07, 6.45) is 9.18. The van der Waals surface area contributed by atoms with E-state index in [1.807, 2.05) is 11.8 Å². The Morgan fingerprint density at radius 2 is 2.22 bits per heavy atom. The summed E-state index contributed by atoms with van der Waals surface area (Å²) in [5, 5.41) is 4.89. The van der Waals surface area contributed by atoms with Crippen LogP contribution in [-0.4, -0.2) is 22.5 Å². The van der Waals surface area contributed by atoms with Crippen molar-refractivity contribution >= 4 is 16.9 Å². The predicted molar refractivity (Wildman–Crippen MR) is 82.4 cm³/mol. The van der Waals surface area contributed by atoms with Crippen LogP contribution in [0.4, 0.5) is 0 Å². The smallest absolute Gasteiger partial charge is 0.157 e. The quantitative estimate of drug-likeness (QED) is 0.829. The first-order valence-corrected chi connectivity index (χ1v) is 8.62. The molecule has 104 valence electrons. The zero-order valence-corrected chi connectivity index (χ0v) is 13.0. The van der Waals surface area contributed by atoms with E-state index in [1.54, 1.807) is 0 Å². The third-order valence-corrected chi connectivity index (χ3v) is 5.60. The highest BCUT2D eigenvalue weighted by Crippen LogP contribution is 2.30. The maximum absolute atomic E-state index is 5.01. The highest BCUT2D eigenvalue weighted by molar-refractivity contribution is 8.13. The van der Waals surface area contributed by atoms with Gasteiger partial charge in [0.05, 0.1) is 6.04 Å². The molecule has 0 radical (unpaired) electrons. The molecule has 1 saturated carbocycles. The van der Waals surface area contributed by atoms with Crippen molar-refractivity contribution < 1.29 is 0 Å². The Labute approximate surface area is 116 Å². The second-order valence-electron chi connectivity index (χ2n) is 6.17. The summed E-state index contributed by atoms with van der Waals surface area (Å²) in [5.41, 5.74) is 0.281. The molecular weight excluding hydrogens is 240 g/mol. The molecule has 1 aliphatic heterocycles. The minimum absolute atomic E-state index is 0.281. The van der Waals surface area contributed by atoms with Crippen LogP contribution in [0.2, 0.25) is 0 Å². The van der Waals surface area contributed by atoms with Gasteiger partial charge < -0.3 is 5.32 Å². The average Bonchev–Trinajstić information content (AvgIpc) is 2.39. The highest BCUT2D eigenvalue weighted by atomic mass is 32.2. The van der Waals surface area contributed by atoms with Crippen molar-refractivity contribution in [2.24, 2.45) is 10.9 Å². The van der Waals surface area contributed by atoms with Gasteiger partial charge in [-0.3, -0.25) is 4.99 Å². The van der Waals surface area contributed by atoms with E-state index >= 15 is 0 Å². The Kier molecular flexibility index (Phi) is 4.99. The van der Waals surface area contributed by atoms with Crippen LogP contribution in [-0.2, 0) is 0 Å². The maximum Gasteiger partial charge on any atom is 0.157 e. The summed E-state index contributed by atoms with van der Waals surface area (Å²) >= 11 is 1.92. The highest BCUT2D eigenvalue weighted by Gasteiger charge is 2.28. The Balaban J connectivity index is 1.95. The van der Waals surface area contributed by atoms with Gasteiger partial charge in [0.15, 0.2) is 5.17 Å². The number of thioether (sulfide) groups is 1. The van der Waals surface area contributed by atoms with Gasteiger partial charge in [0, 0.05) is 11.3 Å². The fraction of sp³-hybridized carbons (Fsp3) is 0.933. The Morgan fingerprint density at radius 1 is 1.39 bits per heavy atom. The fourth-order valence-corrected chi connectivity index (χ4v) is 4.27. The fourth-order valence-electron chi connectivity index (χ4n) is 2.98. The number of nitrogens with zero attached hydrogens (tertiary/aromatic N) is 1. The molecule has 3 unspecified atom stereocenters. The average molecular weight is 268 g/mol. The standard InChI is InChI=1S/C15H28N2S/c1-4-12-7-6-8-13(11-12)16-14-17-15(3,5-2)9-10-18-14/h12-13H,4-11H2,1-3H3,(H,16,17). The Morgan fingerprint density at radius 3 is 2.94 bits per heavy atom. The Hall–Kier alpha value is -0.180. The van der Waals surface area contributed by atoms with E-state index in [4.69, 9.17) is 4.99 Å². The van der Waals surface area contributed by atoms with Crippen LogP contribution >= 0.6 is 11.8 Å². The number of amidine groups is 1. The molecular formula is C15H28N2S. The number of nitrogens with one attached hydrogen (secondary N) is 1. The van der Waals surface area contributed by atoms with Crippen LogP contribution < -0.4 is 5.32 Å². The van der Waals surface area contributed by atoms with Gasteiger partial charge in [0.2, 0.25) is 0 Å². The van der Waals surface area contributed by atoms with Crippen LogP contribution in [0.5, 0.6) is 0 Å². The topological polar surface area (TPSA) is 24.4 Å². The molecule has 0 bridgehead atoms. The van der Waals surface area contributed by atoms with Crippen LogP contribution in [0.1, 0.15) is 65.7 Å². The van der Waals surface area contributed by atoms with Gasteiger partial charge in [0.25, 0.3) is 0 Å². The monoisotopic (exact) mass is 268 g/mol. The van der Waals surface area contributed by atoms with Crippen molar-refractivity contribution in [1.82, 2.24) is 5.32 Å². The lowest BCUT2D eigenvalue weighted by molar-refractivity contribution is 0.315. The zero-order valence-electron chi connectivity index (χ0n) is 12.2. The van der Waals surface area contributed by atoms with E-state index in [0.29, 0.717) is 6.04 Å².